The zero-order valence-corrected chi connectivity index (χ0v) is 33.4. The maximum atomic E-state index is 12.2. The summed E-state index contributed by atoms with van der Waals surface area (Å²) < 4.78 is 52.3. The molecule has 2 aromatic rings. The van der Waals surface area contributed by atoms with Crippen LogP contribution in [0.15, 0.2) is 61.7 Å². The summed E-state index contributed by atoms with van der Waals surface area (Å²) in [5.41, 5.74) is 3.18. The second-order valence-electron chi connectivity index (χ2n) is 11.9. The van der Waals surface area contributed by atoms with E-state index in [2.05, 4.69) is 34.4 Å². The molecule has 0 spiro atoms. The zero-order chi connectivity index (χ0) is 42.5. The molecule has 0 bridgehead atoms. The third kappa shape index (κ3) is 21.9. The van der Waals surface area contributed by atoms with Crippen LogP contribution in [0.1, 0.15) is 49.7 Å². The van der Waals surface area contributed by atoms with Gasteiger partial charge in [0.2, 0.25) is 0 Å². The van der Waals surface area contributed by atoms with E-state index in [4.69, 9.17) is 37.5 Å². The lowest BCUT2D eigenvalue weighted by molar-refractivity contribution is -0.138. The van der Waals surface area contributed by atoms with Crippen LogP contribution < -0.4 is 21.3 Å². The van der Waals surface area contributed by atoms with Crippen LogP contribution in [0.25, 0.3) is 0 Å². The van der Waals surface area contributed by atoms with Crippen LogP contribution >= 0.6 is 8.25 Å². The van der Waals surface area contributed by atoms with Gasteiger partial charge in [0.05, 0.1) is 39.6 Å². The molecule has 58 heavy (non-hydrogen) atoms. The summed E-state index contributed by atoms with van der Waals surface area (Å²) in [7, 11) is -2.35. The summed E-state index contributed by atoms with van der Waals surface area (Å²) in [4.78, 5) is 70.3. The van der Waals surface area contributed by atoms with E-state index in [0.717, 1.165) is 12.2 Å². The standard InChI is InChI=1S/C38H49N4O15P/c1-5-33(43)50-19-11-21-54-37(47)41-31-15-13-29(25-27(31)3)39-35(45)52-17-7-9-23-56-58(49)57-24-10-8-18-53-36(46)40-30-14-16-32(28(4)26-30)42-38(48)55-22-12-20-51-34(44)6-2/h5-6,13-16,25-26H,1-2,7-12,17-24H2,3-4H3,(H3-,39,40,41,42,45,46,47,48)/p+1. The van der Waals surface area contributed by atoms with E-state index < -0.39 is 44.6 Å². The van der Waals surface area contributed by atoms with Crippen molar-refractivity contribution in [3.63, 3.8) is 0 Å². The van der Waals surface area contributed by atoms with Crippen molar-refractivity contribution in [2.45, 2.75) is 52.4 Å². The maximum absolute atomic E-state index is 12.2. The third-order valence-electron chi connectivity index (χ3n) is 7.22. The molecule has 0 fully saturated rings. The minimum atomic E-state index is -2.35. The van der Waals surface area contributed by atoms with Gasteiger partial charge in [0.15, 0.2) is 0 Å². The molecule has 0 aliphatic heterocycles. The lowest BCUT2D eigenvalue weighted by Crippen LogP contribution is -2.17. The predicted molar refractivity (Wildman–Crippen MR) is 212 cm³/mol. The number of nitrogens with one attached hydrogen (secondary N) is 4. The van der Waals surface area contributed by atoms with Gasteiger partial charge in [0.25, 0.3) is 0 Å². The number of ether oxygens (including phenoxy) is 6. The molecule has 4 amide bonds. The van der Waals surface area contributed by atoms with E-state index >= 15 is 0 Å². The number of benzene rings is 2. The van der Waals surface area contributed by atoms with E-state index in [1.807, 2.05) is 0 Å². The molecule has 4 N–H and O–H groups in total. The molecule has 0 unspecified atom stereocenters. The molecule has 20 heteroatoms. The lowest BCUT2D eigenvalue weighted by Gasteiger charge is -2.12. The van der Waals surface area contributed by atoms with Crippen molar-refractivity contribution in [1.29, 1.82) is 0 Å². The summed E-state index contributed by atoms with van der Waals surface area (Å²) in [6, 6.07) is 9.65. The van der Waals surface area contributed by atoms with Gasteiger partial charge in [-0.15, -0.1) is 9.05 Å². The zero-order valence-electron chi connectivity index (χ0n) is 32.5. The Morgan fingerprint density at radius 2 is 0.828 bits per heavy atom. The van der Waals surface area contributed by atoms with Gasteiger partial charge < -0.3 is 28.4 Å². The van der Waals surface area contributed by atoms with Crippen LogP contribution in [0.2, 0.25) is 0 Å². The number of amides is 4. The molecule has 316 valence electrons. The third-order valence-corrected chi connectivity index (χ3v) is 8.01. The van der Waals surface area contributed by atoms with Crippen LogP contribution in [0.3, 0.4) is 0 Å². The number of carbonyl (C=O) groups excluding carboxylic acids is 6. The Balaban J connectivity index is 1.48. The Bertz CT molecular complexity index is 1600. The van der Waals surface area contributed by atoms with E-state index in [-0.39, 0.29) is 52.9 Å². The predicted octanol–water partition coefficient (Wildman–Crippen LogP) is 7.69. The van der Waals surface area contributed by atoms with E-state index in [1.54, 1.807) is 50.2 Å². The van der Waals surface area contributed by atoms with Gasteiger partial charge in [0, 0.05) is 52.3 Å². The van der Waals surface area contributed by atoms with Crippen molar-refractivity contribution >= 4 is 67.3 Å². The van der Waals surface area contributed by atoms with Crippen molar-refractivity contribution in [2.75, 3.05) is 74.1 Å². The van der Waals surface area contributed by atoms with E-state index in [9.17, 15) is 33.3 Å². The number of unbranched alkanes of at least 4 members (excludes halogenated alkanes) is 2. The Hall–Kier alpha value is -6.04. The topological polar surface area (TPSA) is 241 Å². The van der Waals surface area contributed by atoms with Gasteiger partial charge in [-0.1, -0.05) is 13.2 Å². The molecule has 2 aromatic carbocycles. The first-order chi connectivity index (χ1) is 27.9. The summed E-state index contributed by atoms with van der Waals surface area (Å²) in [6.07, 6.45) is 1.85. The number of carbonyl (C=O) groups is 6. The van der Waals surface area contributed by atoms with Crippen molar-refractivity contribution < 1.29 is 70.8 Å². The van der Waals surface area contributed by atoms with Crippen molar-refractivity contribution in [1.82, 2.24) is 0 Å². The normalized spacial score (nSPS) is 10.2. The van der Waals surface area contributed by atoms with Crippen LogP contribution in [0.5, 0.6) is 0 Å². The van der Waals surface area contributed by atoms with Crippen molar-refractivity contribution in [3.8, 4) is 0 Å². The molecular weight excluding hydrogens is 783 g/mol. The number of rotatable bonds is 26. The Labute approximate surface area is 337 Å². The molecule has 0 heterocycles. The largest absolute Gasteiger partial charge is 0.697 e. The summed E-state index contributed by atoms with van der Waals surface area (Å²) >= 11 is 0. The highest BCUT2D eigenvalue weighted by molar-refractivity contribution is 7.33. The minimum absolute atomic E-state index is 0.0493. The number of hydrogen-bond donors (Lipinski definition) is 4. The Morgan fingerprint density at radius 1 is 0.500 bits per heavy atom. The fraction of sp³-hybridized carbons (Fsp3) is 0.421. The second kappa shape index (κ2) is 28.4. The molecule has 0 radical (unpaired) electrons. The summed E-state index contributed by atoms with van der Waals surface area (Å²) in [6.45, 7) is 10.8. The molecular formula is C38H50N4O15P+. The smallest absolute Gasteiger partial charge is 0.462 e. The fourth-order valence-corrected chi connectivity index (χ4v) is 4.96. The molecule has 0 saturated carbocycles. The van der Waals surface area contributed by atoms with Crippen molar-refractivity contribution in [3.05, 3.63) is 72.8 Å². The molecule has 2 rings (SSSR count). The number of aryl methyl sites for hydroxylation is 2. The molecule has 19 nitrogen and oxygen atoms in total. The summed E-state index contributed by atoms with van der Waals surface area (Å²) in [5.74, 6) is -1.11. The number of hydrogen-bond acceptors (Lipinski definition) is 15. The first kappa shape index (κ1) is 48.1. The van der Waals surface area contributed by atoms with E-state index in [0.29, 0.717) is 72.4 Å². The maximum Gasteiger partial charge on any atom is 0.697 e. The van der Waals surface area contributed by atoms with Crippen LogP contribution in [-0.4, -0.2) is 89.2 Å². The fourth-order valence-electron chi connectivity index (χ4n) is 4.33. The van der Waals surface area contributed by atoms with Gasteiger partial charge in [-0.25, -0.2) is 28.8 Å². The molecule has 0 aromatic heterocycles. The average Bonchev–Trinajstić information content (AvgIpc) is 3.19. The molecule has 0 aliphatic rings. The first-order valence-corrected chi connectivity index (χ1v) is 19.3. The van der Waals surface area contributed by atoms with Gasteiger partial charge >= 0.3 is 44.6 Å². The van der Waals surface area contributed by atoms with Crippen LogP contribution in [-0.2, 0) is 51.6 Å². The summed E-state index contributed by atoms with van der Waals surface area (Å²) in [5, 5.41) is 10.4. The van der Waals surface area contributed by atoms with Gasteiger partial charge in [-0.05, 0) is 87.1 Å². The van der Waals surface area contributed by atoms with E-state index in [1.165, 1.54) is 0 Å². The molecule has 0 aliphatic carbocycles. The van der Waals surface area contributed by atoms with Gasteiger partial charge in [-0.2, -0.15) is 0 Å². The Kier molecular flexibility index (Phi) is 23.5. The highest BCUT2D eigenvalue weighted by Gasteiger charge is 2.19. The molecule has 0 atom stereocenters. The number of esters is 2. The lowest BCUT2D eigenvalue weighted by atomic mass is 10.2. The monoisotopic (exact) mass is 833 g/mol. The SMILES string of the molecule is C=CC(=O)OCCCOC(=O)Nc1ccc(NC(=O)OCCCCO[P+](=O)OCCCCOC(=O)Nc2ccc(NC(=O)OCCCOC(=O)C=C)c(C)c2)cc1C. The number of anilines is 4. The molecule has 0 saturated heterocycles. The minimum Gasteiger partial charge on any atom is -0.462 e. The Morgan fingerprint density at radius 3 is 1.19 bits per heavy atom. The second-order valence-corrected chi connectivity index (χ2v) is 12.8. The highest BCUT2D eigenvalue weighted by atomic mass is 31.1. The quantitative estimate of drug-likeness (QED) is 0.0233. The average molecular weight is 834 g/mol. The van der Waals surface area contributed by atoms with Crippen LogP contribution in [0.4, 0.5) is 41.9 Å². The highest BCUT2D eigenvalue weighted by Crippen LogP contribution is 2.25. The van der Waals surface area contributed by atoms with Crippen molar-refractivity contribution in [2.24, 2.45) is 0 Å². The van der Waals surface area contributed by atoms with Gasteiger partial charge in [0.1, 0.15) is 13.2 Å². The van der Waals surface area contributed by atoms with Crippen LogP contribution in [0, 0.1) is 13.8 Å². The van der Waals surface area contributed by atoms with Gasteiger partial charge in [-0.3, -0.25) is 21.3 Å². The first-order valence-electron chi connectivity index (χ1n) is 18.2.